The molecule has 0 radical (unpaired) electrons. The number of rotatable bonds is 3. The van der Waals surface area contributed by atoms with Gasteiger partial charge in [0.25, 0.3) is 0 Å². The van der Waals surface area contributed by atoms with Gasteiger partial charge in [-0.1, -0.05) is 6.92 Å². The Labute approximate surface area is 80.5 Å². The summed E-state index contributed by atoms with van der Waals surface area (Å²) in [6.07, 6.45) is 3.08. The maximum absolute atomic E-state index is 11.6. The Morgan fingerprint density at radius 2 is 2.38 bits per heavy atom. The van der Waals surface area contributed by atoms with E-state index < -0.39 is 9.73 Å². The topological polar surface area (TPSA) is 41.5 Å². The lowest BCUT2D eigenvalue weighted by molar-refractivity contribution is 0.225. The zero-order valence-corrected chi connectivity index (χ0v) is 9.14. The normalized spacial score (nSPS) is 40.9. The van der Waals surface area contributed by atoms with Gasteiger partial charge in [0.05, 0.1) is 6.54 Å². The molecule has 4 atom stereocenters. The molecule has 2 saturated heterocycles. The predicted octanol–water partition coefficient (Wildman–Crippen LogP) is 0.712. The van der Waals surface area contributed by atoms with Crippen molar-refractivity contribution in [1.82, 2.24) is 5.32 Å². The molecule has 1 saturated carbocycles. The Morgan fingerprint density at radius 3 is 2.85 bits per heavy atom. The Morgan fingerprint density at radius 1 is 1.62 bits per heavy atom. The molecule has 2 bridgehead atoms. The fourth-order valence-corrected chi connectivity index (χ4v) is 2.86. The van der Waals surface area contributed by atoms with Crippen LogP contribution in [0.25, 0.3) is 0 Å². The lowest BCUT2D eigenvalue weighted by atomic mass is 9.74. The van der Waals surface area contributed by atoms with E-state index in [0.717, 1.165) is 19.0 Å². The summed E-state index contributed by atoms with van der Waals surface area (Å²) in [5.41, 5.74) is 0. The number of hydrogen-bond acceptors (Lipinski definition) is 3. The van der Waals surface area contributed by atoms with Gasteiger partial charge >= 0.3 is 0 Å². The molecule has 3 nitrogen and oxygen atoms in total. The van der Waals surface area contributed by atoms with Gasteiger partial charge in [-0.25, -0.2) is 4.36 Å². The first-order chi connectivity index (χ1) is 6.12. The van der Waals surface area contributed by atoms with E-state index in [4.69, 9.17) is 0 Å². The Hall–Kier alpha value is -0.0900. The second kappa shape index (κ2) is 3.24. The van der Waals surface area contributed by atoms with Crippen LogP contribution < -0.4 is 5.32 Å². The molecule has 0 aromatic heterocycles. The third kappa shape index (κ3) is 1.74. The maximum Gasteiger partial charge on any atom is 0.0530 e. The molecule has 3 aliphatic rings. The van der Waals surface area contributed by atoms with E-state index >= 15 is 0 Å². The van der Waals surface area contributed by atoms with Crippen molar-refractivity contribution in [2.24, 2.45) is 16.2 Å². The molecule has 3 rings (SSSR count). The minimum atomic E-state index is -1.86. The van der Waals surface area contributed by atoms with E-state index in [0.29, 0.717) is 17.7 Å². The maximum atomic E-state index is 11.6. The molecule has 2 heterocycles. The average Bonchev–Trinajstić information content (AvgIpc) is 2.64. The Balaban J connectivity index is 1.94. The van der Waals surface area contributed by atoms with Crippen LogP contribution in [0.2, 0.25) is 0 Å². The van der Waals surface area contributed by atoms with Crippen molar-refractivity contribution < 1.29 is 4.21 Å². The fourth-order valence-electron chi connectivity index (χ4n) is 2.19. The smallest absolute Gasteiger partial charge is 0.0530 e. The standard InChI is InChI=1S/C9H18N2OS/c1-3-13(2,12)11-6-8-7-4-9(8)10-5-7/h7-10H,3-6H2,1-2H3. The lowest BCUT2D eigenvalue weighted by Gasteiger charge is -2.33. The lowest BCUT2D eigenvalue weighted by Crippen LogP contribution is -2.38. The largest absolute Gasteiger partial charge is 0.313 e. The molecular weight excluding hydrogens is 184 g/mol. The molecule has 2 aliphatic heterocycles. The van der Waals surface area contributed by atoms with Crippen molar-refractivity contribution in [2.45, 2.75) is 19.4 Å². The first kappa shape index (κ1) is 9.46. The molecule has 0 aromatic rings. The van der Waals surface area contributed by atoms with Gasteiger partial charge in [-0.15, -0.1) is 0 Å². The van der Waals surface area contributed by atoms with E-state index in [2.05, 4.69) is 9.68 Å². The van der Waals surface area contributed by atoms with Crippen LogP contribution in [0.1, 0.15) is 13.3 Å². The van der Waals surface area contributed by atoms with Crippen molar-refractivity contribution in [3.63, 3.8) is 0 Å². The molecule has 4 unspecified atom stereocenters. The van der Waals surface area contributed by atoms with Crippen LogP contribution in [0.3, 0.4) is 0 Å². The molecular formula is C9H18N2OS. The fraction of sp³-hybridized carbons (Fsp3) is 1.00. The minimum absolute atomic E-state index is 0.681. The zero-order chi connectivity index (χ0) is 9.47. The van der Waals surface area contributed by atoms with Crippen LogP contribution in [0.15, 0.2) is 4.36 Å². The first-order valence-corrected chi connectivity index (χ1v) is 7.10. The van der Waals surface area contributed by atoms with Gasteiger partial charge in [0, 0.05) is 27.8 Å². The summed E-state index contributed by atoms with van der Waals surface area (Å²) in [6.45, 7) is 3.91. The van der Waals surface area contributed by atoms with Crippen molar-refractivity contribution >= 4 is 9.73 Å². The monoisotopic (exact) mass is 202 g/mol. The molecule has 0 amide bonds. The van der Waals surface area contributed by atoms with Gasteiger partial charge in [0.1, 0.15) is 0 Å². The van der Waals surface area contributed by atoms with Crippen molar-refractivity contribution in [2.75, 3.05) is 25.1 Å². The number of hydrogen-bond donors (Lipinski definition) is 1. The second-order valence-corrected chi connectivity index (χ2v) is 6.99. The van der Waals surface area contributed by atoms with Gasteiger partial charge in [-0.3, -0.25) is 4.21 Å². The summed E-state index contributed by atoms with van der Waals surface area (Å²) in [4.78, 5) is 0. The van der Waals surface area contributed by atoms with Crippen LogP contribution in [0.5, 0.6) is 0 Å². The first-order valence-electron chi connectivity index (χ1n) is 5.01. The molecule has 1 aliphatic carbocycles. The SMILES string of the molecule is CCS(C)(=O)=NCC1C2CNC1C2. The van der Waals surface area contributed by atoms with Crippen LogP contribution in [-0.4, -0.2) is 35.3 Å². The van der Waals surface area contributed by atoms with Gasteiger partial charge in [0.2, 0.25) is 0 Å². The zero-order valence-electron chi connectivity index (χ0n) is 8.32. The molecule has 76 valence electrons. The Kier molecular flexibility index (Phi) is 2.36. The second-order valence-electron chi connectivity index (χ2n) is 4.23. The molecule has 13 heavy (non-hydrogen) atoms. The summed E-state index contributed by atoms with van der Waals surface area (Å²) in [6, 6.07) is 0.681. The van der Waals surface area contributed by atoms with Crippen LogP contribution >= 0.6 is 0 Å². The molecule has 1 N–H and O–H groups in total. The van der Waals surface area contributed by atoms with Crippen LogP contribution in [-0.2, 0) is 9.73 Å². The van der Waals surface area contributed by atoms with Gasteiger partial charge < -0.3 is 5.32 Å². The van der Waals surface area contributed by atoms with E-state index in [1.165, 1.54) is 6.42 Å². The third-order valence-electron chi connectivity index (χ3n) is 3.42. The molecule has 0 aromatic carbocycles. The van der Waals surface area contributed by atoms with E-state index in [1.807, 2.05) is 6.92 Å². The summed E-state index contributed by atoms with van der Waals surface area (Å²) in [5, 5.41) is 3.45. The highest BCUT2D eigenvalue weighted by Crippen LogP contribution is 2.40. The van der Waals surface area contributed by atoms with Gasteiger partial charge in [0.15, 0.2) is 0 Å². The van der Waals surface area contributed by atoms with Crippen molar-refractivity contribution in [3.8, 4) is 0 Å². The van der Waals surface area contributed by atoms with E-state index in [9.17, 15) is 4.21 Å². The minimum Gasteiger partial charge on any atom is -0.313 e. The van der Waals surface area contributed by atoms with Crippen LogP contribution in [0, 0.1) is 11.8 Å². The van der Waals surface area contributed by atoms with Crippen molar-refractivity contribution in [1.29, 1.82) is 0 Å². The molecule has 0 spiro atoms. The molecule has 4 heteroatoms. The van der Waals surface area contributed by atoms with Gasteiger partial charge in [-0.05, 0) is 24.8 Å². The average molecular weight is 202 g/mol. The van der Waals surface area contributed by atoms with Crippen molar-refractivity contribution in [3.05, 3.63) is 0 Å². The van der Waals surface area contributed by atoms with E-state index in [-0.39, 0.29) is 0 Å². The molecule has 3 fully saturated rings. The third-order valence-corrected chi connectivity index (χ3v) is 5.18. The van der Waals surface area contributed by atoms with E-state index in [1.54, 1.807) is 6.26 Å². The summed E-state index contributed by atoms with van der Waals surface area (Å²) in [5.74, 6) is 2.19. The number of fused-ring (bicyclic) bond motifs is 1. The Bertz CT molecular complexity index is 293. The highest BCUT2D eigenvalue weighted by molar-refractivity contribution is 7.92. The highest BCUT2D eigenvalue weighted by Gasteiger charge is 2.46. The number of nitrogens with zero attached hydrogens (tertiary/aromatic N) is 1. The summed E-state index contributed by atoms with van der Waals surface area (Å²) >= 11 is 0. The predicted molar refractivity (Wildman–Crippen MR) is 55.3 cm³/mol. The summed E-state index contributed by atoms with van der Waals surface area (Å²) in [7, 11) is -1.86. The van der Waals surface area contributed by atoms with Gasteiger partial charge in [-0.2, -0.15) is 0 Å². The highest BCUT2D eigenvalue weighted by atomic mass is 32.2. The number of nitrogens with one attached hydrogen (secondary N) is 1. The van der Waals surface area contributed by atoms with Crippen LogP contribution in [0.4, 0.5) is 0 Å². The summed E-state index contributed by atoms with van der Waals surface area (Å²) < 4.78 is 16.0. The quantitative estimate of drug-likeness (QED) is 0.732.